The van der Waals surface area contributed by atoms with Gasteiger partial charge < -0.3 is 20.1 Å². The van der Waals surface area contributed by atoms with Crippen LogP contribution in [0.2, 0.25) is 0 Å². The quantitative estimate of drug-likeness (QED) is 0.0264. The fourth-order valence-corrected chi connectivity index (χ4v) is 9.83. The zero-order chi connectivity index (χ0) is 63.0. The third kappa shape index (κ3) is 70.3. The molecule has 0 aliphatic rings. The average molecular weight is 1220 g/mol. The number of rotatable bonds is 63. The van der Waals surface area contributed by atoms with Crippen LogP contribution >= 0.6 is 7.82 Å². The van der Waals surface area contributed by atoms with Crippen molar-refractivity contribution in [2.24, 2.45) is 5.73 Å². The Morgan fingerprint density at radius 3 is 0.885 bits per heavy atom. The topological polar surface area (TPSA) is 134 Å². The predicted molar refractivity (Wildman–Crippen MR) is 376 cm³/mol. The molecule has 0 aromatic rings. The lowest BCUT2D eigenvalue weighted by molar-refractivity contribution is -0.161. The number of ether oxygens (including phenoxy) is 2. The summed E-state index contributed by atoms with van der Waals surface area (Å²) >= 11 is 0. The normalized spacial score (nSPS) is 14.0. The first-order valence-corrected chi connectivity index (χ1v) is 36.1. The van der Waals surface area contributed by atoms with Crippen molar-refractivity contribution in [3.05, 3.63) is 170 Å². The van der Waals surface area contributed by atoms with Crippen LogP contribution in [0.15, 0.2) is 170 Å². The first-order valence-electron chi connectivity index (χ1n) is 34.6. The summed E-state index contributed by atoms with van der Waals surface area (Å²) < 4.78 is 33.2. The van der Waals surface area contributed by atoms with Gasteiger partial charge in [0.25, 0.3) is 0 Å². The Labute approximate surface area is 533 Å². The number of hydrogen-bond donors (Lipinski definition) is 2. The summed E-state index contributed by atoms with van der Waals surface area (Å²) in [6.45, 7) is 3.50. The minimum absolute atomic E-state index is 0.0429. The van der Waals surface area contributed by atoms with Gasteiger partial charge in [-0.1, -0.05) is 300 Å². The number of allylic oxidation sites excluding steroid dienone is 28. The molecule has 0 saturated heterocycles. The zero-order valence-electron chi connectivity index (χ0n) is 55.2. The van der Waals surface area contributed by atoms with E-state index in [2.05, 4.69) is 184 Å². The molecule has 2 atom stereocenters. The van der Waals surface area contributed by atoms with Gasteiger partial charge in [-0.05, 0) is 128 Å². The molecule has 492 valence electrons. The summed E-state index contributed by atoms with van der Waals surface area (Å²) in [4.78, 5) is 35.4. The molecule has 9 nitrogen and oxygen atoms in total. The van der Waals surface area contributed by atoms with Crippen molar-refractivity contribution in [2.45, 2.75) is 277 Å². The molecule has 0 radical (unpaired) electrons. The standard InChI is InChI=1S/C77H126NO8P/c1-3-5-7-9-11-13-15-17-19-21-23-25-27-29-31-33-35-36-37-38-40-41-43-45-47-49-51-53-55-57-59-61-63-65-67-69-76(79)83-73-75(74-85-87(81,82)84-72-71-78)86-77(80)70-68-66-64-62-60-58-56-54-52-50-48-46-44-42-39-34-32-30-28-26-24-22-20-18-16-14-12-10-8-6-4-2/h5-8,11-14,17-20,23-26,29-32,35-36,39,42,46,48,52,54,75H,3-4,9-10,15-16,21-22,27-28,33-34,37-38,40-41,43-45,47,49-51,53,55-74,78H2,1-2H3,(H,81,82)/b7-5-,8-6-,13-11-,14-12-,19-17-,20-18-,25-23-,26-24-,31-29-,32-30-,36-35-,42-39-,48-46-,54-52-. The van der Waals surface area contributed by atoms with Crippen LogP contribution in [0.3, 0.4) is 0 Å². The van der Waals surface area contributed by atoms with Crippen LogP contribution in [0.25, 0.3) is 0 Å². The Morgan fingerprint density at radius 2 is 0.598 bits per heavy atom. The smallest absolute Gasteiger partial charge is 0.462 e. The van der Waals surface area contributed by atoms with E-state index in [9.17, 15) is 19.0 Å². The molecule has 0 aliphatic heterocycles. The highest BCUT2D eigenvalue weighted by molar-refractivity contribution is 7.47. The van der Waals surface area contributed by atoms with Crippen molar-refractivity contribution in [1.29, 1.82) is 0 Å². The van der Waals surface area contributed by atoms with Crippen LogP contribution in [-0.4, -0.2) is 49.3 Å². The number of nitrogens with two attached hydrogens (primary N) is 1. The maximum Gasteiger partial charge on any atom is 0.472 e. The monoisotopic (exact) mass is 1220 g/mol. The van der Waals surface area contributed by atoms with Gasteiger partial charge in [0.05, 0.1) is 13.2 Å². The Morgan fingerprint density at radius 1 is 0.345 bits per heavy atom. The van der Waals surface area contributed by atoms with E-state index >= 15 is 0 Å². The minimum atomic E-state index is -4.41. The second-order valence-corrected chi connectivity index (χ2v) is 23.7. The molecule has 0 spiro atoms. The van der Waals surface area contributed by atoms with Gasteiger partial charge in [-0.3, -0.25) is 18.6 Å². The van der Waals surface area contributed by atoms with Crippen molar-refractivity contribution < 1.29 is 37.6 Å². The van der Waals surface area contributed by atoms with Crippen LogP contribution in [0.4, 0.5) is 0 Å². The van der Waals surface area contributed by atoms with Crippen molar-refractivity contribution in [1.82, 2.24) is 0 Å². The fourth-order valence-electron chi connectivity index (χ4n) is 9.07. The highest BCUT2D eigenvalue weighted by atomic mass is 31.2. The first-order chi connectivity index (χ1) is 42.8. The van der Waals surface area contributed by atoms with Gasteiger partial charge >= 0.3 is 19.8 Å². The van der Waals surface area contributed by atoms with Crippen LogP contribution in [0.1, 0.15) is 271 Å². The van der Waals surface area contributed by atoms with Gasteiger partial charge in [0.2, 0.25) is 0 Å². The van der Waals surface area contributed by atoms with E-state index in [1.165, 1.54) is 89.9 Å². The maximum absolute atomic E-state index is 12.8. The first kappa shape index (κ1) is 82.4. The molecule has 2 unspecified atom stereocenters. The van der Waals surface area contributed by atoms with Gasteiger partial charge in [-0.2, -0.15) is 0 Å². The molecule has 0 bridgehead atoms. The lowest BCUT2D eigenvalue weighted by Crippen LogP contribution is -2.29. The molecule has 10 heteroatoms. The summed E-state index contributed by atoms with van der Waals surface area (Å²) in [5, 5.41) is 0. The number of hydrogen-bond acceptors (Lipinski definition) is 8. The van der Waals surface area contributed by atoms with Crippen LogP contribution in [0, 0.1) is 0 Å². The van der Waals surface area contributed by atoms with E-state index in [4.69, 9.17) is 24.3 Å². The SMILES string of the molecule is CC/C=C\C/C=C\C/C=C\C/C=C\C/C=C\C/C=C\C/C=C\C/C=C\CCCCCCCCC(=O)OC(COC(=O)CCCCCCCCCCCCCCCCCC/C=C\C/C=C\C/C=C\C/C=C\C/C=C\C/C=C\CC)COP(=O)(O)OCCN. The average Bonchev–Trinajstić information content (AvgIpc) is 3.66. The molecule has 0 amide bonds. The van der Waals surface area contributed by atoms with E-state index in [1.54, 1.807) is 0 Å². The van der Waals surface area contributed by atoms with Crippen LogP contribution in [0.5, 0.6) is 0 Å². The van der Waals surface area contributed by atoms with Crippen LogP contribution in [-0.2, 0) is 32.7 Å². The molecule has 0 aliphatic carbocycles. The number of carbonyl (C=O) groups is 2. The van der Waals surface area contributed by atoms with Crippen molar-refractivity contribution >= 4 is 19.8 Å². The molecule has 0 aromatic carbocycles. The Kier molecular flexibility index (Phi) is 66.7. The summed E-state index contributed by atoms with van der Waals surface area (Å²) in [5.74, 6) is -0.850. The lowest BCUT2D eigenvalue weighted by Gasteiger charge is -2.19. The molecule has 0 fully saturated rings. The Bertz CT molecular complexity index is 2030. The molecular weight excluding hydrogens is 1100 g/mol. The van der Waals surface area contributed by atoms with Gasteiger partial charge in [0, 0.05) is 19.4 Å². The largest absolute Gasteiger partial charge is 0.472 e. The number of phosphoric ester groups is 1. The highest BCUT2D eigenvalue weighted by Crippen LogP contribution is 2.43. The molecule has 0 aromatic heterocycles. The Hall–Kier alpha value is -4.63. The van der Waals surface area contributed by atoms with E-state index in [-0.39, 0.29) is 38.6 Å². The summed E-state index contributed by atoms with van der Waals surface area (Å²) in [7, 11) is -4.41. The van der Waals surface area contributed by atoms with Crippen molar-refractivity contribution in [3.8, 4) is 0 Å². The molecule has 87 heavy (non-hydrogen) atoms. The van der Waals surface area contributed by atoms with Crippen molar-refractivity contribution in [2.75, 3.05) is 26.4 Å². The van der Waals surface area contributed by atoms with Gasteiger partial charge in [-0.25, -0.2) is 4.57 Å². The third-order valence-corrected chi connectivity index (χ3v) is 15.1. The predicted octanol–water partition coefficient (Wildman–Crippen LogP) is 23.0. The van der Waals surface area contributed by atoms with Gasteiger partial charge in [-0.15, -0.1) is 0 Å². The molecule has 0 rings (SSSR count). The van der Waals surface area contributed by atoms with Crippen LogP contribution < -0.4 is 5.73 Å². The highest BCUT2D eigenvalue weighted by Gasteiger charge is 2.26. The molecule has 3 N–H and O–H groups in total. The molecule has 0 saturated carbocycles. The van der Waals surface area contributed by atoms with E-state index in [0.29, 0.717) is 6.42 Å². The second-order valence-electron chi connectivity index (χ2n) is 22.3. The van der Waals surface area contributed by atoms with Crippen molar-refractivity contribution in [3.63, 3.8) is 0 Å². The summed E-state index contributed by atoms with van der Waals surface area (Å²) in [6.07, 6.45) is 104. The third-order valence-electron chi connectivity index (χ3n) is 14.1. The van der Waals surface area contributed by atoms with E-state index < -0.39 is 26.5 Å². The zero-order valence-corrected chi connectivity index (χ0v) is 56.1. The second kappa shape index (κ2) is 70.5. The van der Waals surface area contributed by atoms with E-state index in [0.717, 1.165) is 148 Å². The summed E-state index contributed by atoms with van der Waals surface area (Å²) in [5.41, 5.74) is 5.40. The lowest BCUT2D eigenvalue weighted by atomic mass is 10.0. The minimum Gasteiger partial charge on any atom is -0.462 e. The Balaban J connectivity index is 3.97. The van der Waals surface area contributed by atoms with Gasteiger partial charge in [0.1, 0.15) is 6.61 Å². The number of carbonyl (C=O) groups excluding carboxylic acids is 2. The number of unbranched alkanes of at least 4 members (excludes halogenated alkanes) is 22. The molecular formula is C77H126NO8P. The fraction of sp³-hybridized carbons (Fsp3) is 0.610. The van der Waals surface area contributed by atoms with Gasteiger partial charge in [0.15, 0.2) is 6.10 Å². The summed E-state index contributed by atoms with van der Waals surface area (Å²) in [6, 6.07) is 0. The number of phosphoric acid groups is 1. The van der Waals surface area contributed by atoms with E-state index in [1.807, 2.05) is 0 Å². The maximum atomic E-state index is 12.8. The molecule has 0 heterocycles. The number of esters is 2.